The summed E-state index contributed by atoms with van der Waals surface area (Å²) < 4.78 is 2.06. The van der Waals surface area contributed by atoms with E-state index in [1.165, 1.54) is 5.69 Å². The Labute approximate surface area is 61.9 Å². The van der Waals surface area contributed by atoms with Gasteiger partial charge in [0.15, 0.2) is 0 Å². The van der Waals surface area contributed by atoms with Gasteiger partial charge in [0.2, 0.25) is 0 Å². The van der Waals surface area contributed by atoms with Crippen molar-refractivity contribution < 1.29 is 0 Å². The zero-order valence-electron chi connectivity index (χ0n) is 6.83. The van der Waals surface area contributed by atoms with Crippen molar-refractivity contribution in [1.82, 2.24) is 9.78 Å². The zero-order valence-corrected chi connectivity index (χ0v) is 6.83. The molecule has 0 spiro atoms. The second kappa shape index (κ2) is 2.86. The van der Waals surface area contributed by atoms with E-state index in [2.05, 4.69) is 36.6 Å². The molecule has 0 atom stereocenters. The Morgan fingerprint density at radius 2 is 2.30 bits per heavy atom. The van der Waals surface area contributed by atoms with Crippen LogP contribution in [0.5, 0.6) is 0 Å². The summed E-state index contributed by atoms with van der Waals surface area (Å²) in [5, 5.41) is 4.20. The molecule has 0 aliphatic rings. The maximum absolute atomic E-state index is 4.20. The second-order valence-electron chi connectivity index (χ2n) is 2.71. The normalized spacial score (nSPS) is 10.8. The van der Waals surface area contributed by atoms with Crippen LogP contribution < -0.4 is 0 Å². The number of nitrogens with zero attached hydrogens (tertiary/aromatic N) is 2. The molecule has 1 aromatic heterocycles. The molecule has 0 aliphatic heterocycles. The number of aryl methyl sites for hydroxylation is 1. The number of aromatic nitrogens is 2. The van der Waals surface area contributed by atoms with Gasteiger partial charge in [0.05, 0.1) is 0 Å². The Morgan fingerprint density at radius 3 is 2.70 bits per heavy atom. The van der Waals surface area contributed by atoms with E-state index in [0.29, 0.717) is 6.04 Å². The quantitative estimate of drug-likeness (QED) is 0.611. The molecule has 1 aromatic rings. The lowest BCUT2D eigenvalue weighted by Crippen LogP contribution is -2.06. The van der Waals surface area contributed by atoms with E-state index < -0.39 is 0 Å². The van der Waals surface area contributed by atoms with E-state index in [-0.39, 0.29) is 0 Å². The molecule has 0 unspecified atom stereocenters. The molecule has 1 heterocycles. The summed E-state index contributed by atoms with van der Waals surface area (Å²) in [4.78, 5) is 0. The van der Waals surface area contributed by atoms with Gasteiger partial charge in [-0.05, 0) is 26.3 Å². The van der Waals surface area contributed by atoms with Crippen molar-refractivity contribution in [3.63, 3.8) is 0 Å². The van der Waals surface area contributed by atoms with E-state index in [1.807, 2.05) is 6.20 Å². The summed E-state index contributed by atoms with van der Waals surface area (Å²) in [7, 11) is 0. The van der Waals surface area contributed by atoms with Crippen molar-refractivity contribution in [3.05, 3.63) is 18.0 Å². The van der Waals surface area contributed by atoms with Gasteiger partial charge in [-0.25, -0.2) is 0 Å². The highest BCUT2D eigenvalue weighted by Crippen LogP contribution is 2.07. The minimum Gasteiger partial charge on any atom is -0.267 e. The number of hydrogen-bond donors (Lipinski definition) is 0. The van der Waals surface area contributed by atoms with Gasteiger partial charge in [-0.2, -0.15) is 5.10 Å². The van der Waals surface area contributed by atoms with E-state index >= 15 is 0 Å². The van der Waals surface area contributed by atoms with Crippen LogP contribution in [-0.2, 0) is 6.42 Å². The summed E-state index contributed by atoms with van der Waals surface area (Å²) in [5.74, 6) is 0. The molecule has 0 saturated heterocycles. The van der Waals surface area contributed by atoms with E-state index in [9.17, 15) is 0 Å². The van der Waals surface area contributed by atoms with Crippen LogP contribution in [0, 0.1) is 0 Å². The zero-order chi connectivity index (χ0) is 7.56. The molecule has 0 saturated carbocycles. The molecule has 0 bridgehead atoms. The fourth-order valence-electron chi connectivity index (χ4n) is 1.09. The second-order valence-corrected chi connectivity index (χ2v) is 2.71. The molecule has 0 aliphatic carbocycles. The Balaban J connectivity index is 2.90. The monoisotopic (exact) mass is 138 g/mol. The number of rotatable bonds is 2. The topological polar surface area (TPSA) is 17.8 Å². The van der Waals surface area contributed by atoms with Crippen molar-refractivity contribution in [1.29, 1.82) is 0 Å². The maximum atomic E-state index is 4.20. The van der Waals surface area contributed by atoms with Crippen molar-refractivity contribution in [3.8, 4) is 0 Å². The third-order valence-electron chi connectivity index (χ3n) is 1.60. The molecule has 0 aromatic carbocycles. The van der Waals surface area contributed by atoms with Gasteiger partial charge in [-0.1, -0.05) is 6.92 Å². The highest BCUT2D eigenvalue weighted by Gasteiger charge is 2.01. The van der Waals surface area contributed by atoms with Crippen LogP contribution in [0.4, 0.5) is 0 Å². The minimum atomic E-state index is 0.491. The average molecular weight is 138 g/mol. The Hall–Kier alpha value is -0.790. The van der Waals surface area contributed by atoms with Crippen molar-refractivity contribution in [2.45, 2.75) is 33.2 Å². The third kappa shape index (κ3) is 1.20. The van der Waals surface area contributed by atoms with Crippen LogP contribution in [0.15, 0.2) is 12.3 Å². The first-order valence-corrected chi connectivity index (χ1v) is 3.78. The third-order valence-corrected chi connectivity index (χ3v) is 1.60. The van der Waals surface area contributed by atoms with Gasteiger partial charge in [0.25, 0.3) is 0 Å². The summed E-state index contributed by atoms with van der Waals surface area (Å²) >= 11 is 0. The van der Waals surface area contributed by atoms with Crippen molar-refractivity contribution in [2.24, 2.45) is 0 Å². The van der Waals surface area contributed by atoms with Crippen LogP contribution in [-0.4, -0.2) is 9.78 Å². The van der Waals surface area contributed by atoms with Crippen molar-refractivity contribution in [2.75, 3.05) is 0 Å². The summed E-state index contributed by atoms with van der Waals surface area (Å²) in [5.41, 5.74) is 1.31. The SMILES string of the molecule is CCc1ccnn1C(C)C. The van der Waals surface area contributed by atoms with E-state index in [0.717, 1.165) is 6.42 Å². The number of hydrogen-bond acceptors (Lipinski definition) is 1. The van der Waals surface area contributed by atoms with Gasteiger partial charge < -0.3 is 0 Å². The van der Waals surface area contributed by atoms with Gasteiger partial charge in [0, 0.05) is 17.9 Å². The van der Waals surface area contributed by atoms with Gasteiger partial charge >= 0.3 is 0 Å². The van der Waals surface area contributed by atoms with Crippen LogP contribution in [0.2, 0.25) is 0 Å². The summed E-state index contributed by atoms with van der Waals surface area (Å²) in [6.45, 7) is 6.44. The minimum absolute atomic E-state index is 0.491. The largest absolute Gasteiger partial charge is 0.267 e. The predicted octanol–water partition coefficient (Wildman–Crippen LogP) is 2.03. The van der Waals surface area contributed by atoms with Crippen LogP contribution in [0.3, 0.4) is 0 Å². The molecule has 2 heteroatoms. The Bertz CT molecular complexity index is 201. The summed E-state index contributed by atoms with van der Waals surface area (Å²) in [6.07, 6.45) is 2.93. The van der Waals surface area contributed by atoms with Crippen LogP contribution in [0.25, 0.3) is 0 Å². The molecule has 1 rings (SSSR count). The smallest absolute Gasteiger partial charge is 0.0492 e. The van der Waals surface area contributed by atoms with E-state index in [4.69, 9.17) is 0 Å². The lowest BCUT2D eigenvalue weighted by atomic mass is 10.3. The first kappa shape index (κ1) is 7.32. The maximum Gasteiger partial charge on any atom is 0.0492 e. The molecule has 2 nitrogen and oxygen atoms in total. The fourth-order valence-corrected chi connectivity index (χ4v) is 1.09. The highest BCUT2D eigenvalue weighted by molar-refractivity contribution is 5.00. The highest BCUT2D eigenvalue weighted by atomic mass is 15.3. The molecule has 10 heavy (non-hydrogen) atoms. The van der Waals surface area contributed by atoms with Gasteiger partial charge in [0.1, 0.15) is 0 Å². The first-order chi connectivity index (χ1) is 4.75. The first-order valence-electron chi connectivity index (χ1n) is 3.78. The lowest BCUT2D eigenvalue weighted by molar-refractivity contribution is 0.511. The van der Waals surface area contributed by atoms with E-state index in [1.54, 1.807) is 0 Å². The van der Waals surface area contributed by atoms with Crippen molar-refractivity contribution >= 4 is 0 Å². The van der Waals surface area contributed by atoms with Crippen LogP contribution in [0.1, 0.15) is 32.5 Å². The molecular formula is C8H14N2. The summed E-state index contributed by atoms with van der Waals surface area (Å²) in [6, 6.07) is 2.56. The Morgan fingerprint density at radius 1 is 1.60 bits per heavy atom. The average Bonchev–Trinajstić information content (AvgIpc) is 2.33. The molecule has 0 fully saturated rings. The molecular weight excluding hydrogens is 124 g/mol. The molecule has 0 amide bonds. The molecule has 56 valence electrons. The molecule has 0 N–H and O–H groups in total. The van der Waals surface area contributed by atoms with Crippen LogP contribution >= 0.6 is 0 Å². The Kier molecular flexibility index (Phi) is 2.10. The molecule has 0 radical (unpaired) electrons. The van der Waals surface area contributed by atoms with Gasteiger partial charge in [-0.15, -0.1) is 0 Å². The lowest BCUT2D eigenvalue weighted by Gasteiger charge is -2.08. The predicted molar refractivity (Wildman–Crippen MR) is 42.0 cm³/mol. The fraction of sp³-hybridized carbons (Fsp3) is 0.625. The van der Waals surface area contributed by atoms with Gasteiger partial charge in [-0.3, -0.25) is 4.68 Å². The standard InChI is InChI=1S/C8H14N2/c1-4-8-5-6-9-10(8)7(2)3/h5-7H,4H2,1-3H3.